The van der Waals surface area contributed by atoms with Gasteiger partial charge in [0.05, 0.1) is 6.61 Å². The fourth-order valence-corrected chi connectivity index (χ4v) is 1.45. The molecule has 0 saturated heterocycles. The van der Waals surface area contributed by atoms with Gasteiger partial charge >= 0.3 is 0 Å². The van der Waals surface area contributed by atoms with E-state index in [0.717, 1.165) is 11.4 Å². The molecule has 16 heavy (non-hydrogen) atoms. The maximum Gasteiger partial charge on any atom is 0.210 e. The Morgan fingerprint density at radius 1 is 1.00 bits per heavy atom. The Hall–Kier alpha value is -1.54. The molecule has 3 heteroatoms. The number of benzene rings is 1. The lowest BCUT2D eigenvalue weighted by atomic mass is 10.3. The van der Waals surface area contributed by atoms with Crippen LogP contribution in [0.5, 0.6) is 5.75 Å². The molecule has 0 fully saturated rings. The average Bonchev–Trinajstić information content (AvgIpc) is 2.32. The summed E-state index contributed by atoms with van der Waals surface area (Å²) in [6.45, 7) is 2.69. The Morgan fingerprint density at radius 2 is 1.62 bits per heavy atom. The molecule has 0 aliphatic rings. The largest absolute Gasteiger partial charge is 1.00 e. The topological polar surface area (TPSA) is 13.1 Å². The number of rotatable bonds is 3. The molecule has 0 amide bonds. The van der Waals surface area contributed by atoms with Crippen LogP contribution in [0, 0.1) is 0 Å². The van der Waals surface area contributed by atoms with Crippen LogP contribution in [0.15, 0.2) is 54.9 Å². The summed E-state index contributed by atoms with van der Waals surface area (Å²) in [5.74, 6) is 0.915. The van der Waals surface area contributed by atoms with Crippen molar-refractivity contribution in [2.24, 2.45) is 0 Å². The Morgan fingerprint density at radius 3 is 2.19 bits per heavy atom. The Balaban J connectivity index is 0.00000128. The van der Waals surface area contributed by atoms with E-state index < -0.39 is 0 Å². The van der Waals surface area contributed by atoms with Crippen LogP contribution in [0.4, 0.5) is 0 Å². The summed E-state index contributed by atoms with van der Waals surface area (Å²) in [4.78, 5) is 0. The first kappa shape index (κ1) is 12.5. The molecule has 84 valence electrons. The van der Waals surface area contributed by atoms with Crippen LogP contribution in [0.3, 0.4) is 0 Å². The highest BCUT2D eigenvalue weighted by Crippen LogP contribution is 2.11. The molecule has 1 aromatic heterocycles. The zero-order chi connectivity index (χ0) is 10.5. The fraction of sp³-hybridized carbons (Fsp3) is 0.154. The zero-order valence-electron chi connectivity index (χ0n) is 9.14. The van der Waals surface area contributed by atoms with Crippen molar-refractivity contribution >= 4 is 0 Å². The van der Waals surface area contributed by atoms with E-state index in [2.05, 4.69) is 4.57 Å². The maximum atomic E-state index is 5.39. The van der Waals surface area contributed by atoms with Crippen molar-refractivity contribution in [2.75, 3.05) is 6.61 Å². The van der Waals surface area contributed by atoms with Gasteiger partial charge in [-0.3, -0.25) is 0 Å². The lowest BCUT2D eigenvalue weighted by molar-refractivity contribution is -0.595. The highest BCUT2D eigenvalue weighted by Gasteiger charge is 2.03. The second kappa shape index (κ2) is 6.13. The first-order chi connectivity index (χ1) is 7.40. The lowest BCUT2D eigenvalue weighted by Crippen LogP contribution is -3.00. The molecule has 1 aromatic carbocycles. The summed E-state index contributed by atoms with van der Waals surface area (Å²) >= 11 is 0. The van der Waals surface area contributed by atoms with Gasteiger partial charge < -0.3 is 17.1 Å². The molecule has 0 saturated carbocycles. The maximum absolute atomic E-state index is 5.39. The van der Waals surface area contributed by atoms with Gasteiger partial charge in [-0.15, -0.1) is 0 Å². The normalized spacial score (nSPS) is 9.31. The third-order valence-corrected chi connectivity index (χ3v) is 2.16. The summed E-state index contributed by atoms with van der Waals surface area (Å²) in [5, 5.41) is 0. The minimum Gasteiger partial charge on any atom is -1.00 e. The first-order valence-electron chi connectivity index (χ1n) is 5.09. The molecular weight excluding hydrogens is 222 g/mol. The summed E-state index contributed by atoms with van der Waals surface area (Å²) in [6.07, 6.45) is 4.05. The Labute approximate surface area is 102 Å². The molecule has 0 aliphatic carbocycles. The van der Waals surface area contributed by atoms with Gasteiger partial charge in [-0.05, 0) is 19.1 Å². The van der Waals surface area contributed by atoms with Gasteiger partial charge in [-0.25, -0.2) is 0 Å². The number of hydrogen-bond donors (Lipinski definition) is 0. The van der Waals surface area contributed by atoms with E-state index >= 15 is 0 Å². The van der Waals surface area contributed by atoms with Crippen molar-refractivity contribution in [3.8, 4) is 11.4 Å². The van der Waals surface area contributed by atoms with Gasteiger partial charge in [0.1, 0.15) is 5.75 Å². The molecule has 0 radical (unpaired) electrons. The smallest absolute Gasteiger partial charge is 0.210 e. The van der Waals surface area contributed by atoms with Crippen LogP contribution in [0.2, 0.25) is 0 Å². The van der Waals surface area contributed by atoms with Crippen molar-refractivity contribution in [2.45, 2.75) is 6.92 Å². The van der Waals surface area contributed by atoms with E-state index in [4.69, 9.17) is 4.74 Å². The van der Waals surface area contributed by atoms with Gasteiger partial charge in [0.2, 0.25) is 5.69 Å². The van der Waals surface area contributed by atoms with E-state index in [1.165, 1.54) is 0 Å². The second-order valence-corrected chi connectivity index (χ2v) is 3.21. The van der Waals surface area contributed by atoms with Crippen molar-refractivity contribution in [3.63, 3.8) is 0 Å². The number of nitrogens with zero attached hydrogens (tertiary/aromatic N) is 1. The molecule has 0 spiro atoms. The number of halogens is 1. The number of hydrogen-bond acceptors (Lipinski definition) is 1. The molecule has 2 aromatic rings. The van der Waals surface area contributed by atoms with E-state index in [1.807, 2.05) is 61.8 Å². The van der Waals surface area contributed by atoms with Crippen LogP contribution in [0.1, 0.15) is 6.92 Å². The Kier molecular flexibility index (Phi) is 4.80. The van der Waals surface area contributed by atoms with E-state index in [0.29, 0.717) is 6.61 Å². The minimum atomic E-state index is 0. The number of aromatic nitrogens is 1. The van der Waals surface area contributed by atoms with Crippen LogP contribution >= 0.6 is 0 Å². The van der Waals surface area contributed by atoms with Gasteiger partial charge in [0.25, 0.3) is 0 Å². The summed E-state index contributed by atoms with van der Waals surface area (Å²) in [7, 11) is 0. The first-order valence-corrected chi connectivity index (χ1v) is 5.09. The van der Waals surface area contributed by atoms with Crippen LogP contribution < -0.4 is 21.7 Å². The summed E-state index contributed by atoms with van der Waals surface area (Å²) in [5.41, 5.74) is 1.14. The van der Waals surface area contributed by atoms with E-state index in [9.17, 15) is 0 Å². The highest BCUT2D eigenvalue weighted by atomic mass is 35.5. The van der Waals surface area contributed by atoms with Crippen molar-refractivity contribution in [1.29, 1.82) is 0 Å². The van der Waals surface area contributed by atoms with Crippen molar-refractivity contribution < 1.29 is 21.7 Å². The molecule has 0 unspecified atom stereocenters. The third kappa shape index (κ3) is 2.97. The standard InChI is InChI=1S/C13H14NO.ClH/c1-2-15-13-8-6-12(7-9-13)14-10-4-3-5-11-14;/h3-11H,2H2,1H3;1H/q+1;/p-1. The molecule has 0 bridgehead atoms. The predicted octanol–water partition coefficient (Wildman–Crippen LogP) is -0.634. The molecule has 2 nitrogen and oxygen atoms in total. The summed E-state index contributed by atoms with van der Waals surface area (Å²) in [6, 6.07) is 14.1. The molecule has 0 atom stereocenters. The zero-order valence-corrected chi connectivity index (χ0v) is 9.89. The number of ether oxygens (including phenoxy) is 1. The van der Waals surface area contributed by atoms with Crippen LogP contribution in [-0.2, 0) is 0 Å². The molecule has 2 rings (SSSR count). The van der Waals surface area contributed by atoms with Gasteiger partial charge in [0.15, 0.2) is 12.4 Å². The van der Waals surface area contributed by atoms with Gasteiger partial charge in [0, 0.05) is 24.3 Å². The quantitative estimate of drug-likeness (QED) is 0.646. The van der Waals surface area contributed by atoms with Crippen molar-refractivity contribution in [3.05, 3.63) is 54.9 Å². The molecule has 0 N–H and O–H groups in total. The van der Waals surface area contributed by atoms with Gasteiger partial charge in [-0.1, -0.05) is 6.07 Å². The van der Waals surface area contributed by atoms with E-state index in [1.54, 1.807) is 0 Å². The van der Waals surface area contributed by atoms with Crippen molar-refractivity contribution in [1.82, 2.24) is 0 Å². The lowest BCUT2D eigenvalue weighted by Gasteiger charge is -2.01. The fourth-order valence-electron chi connectivity index (χ4n) is 1.45. The van der Waals surface area contributed by atoms with Crippen LogP contribution in [-0.4, -0.2) is 6.61 Å². The second-order valence-electron chi connectivity index (χ2n) is 3.21. The third-order valence-electron chi connectivity index (χ3n) is 2.16. The number of pyridine rings is 1. The molecule has 0 aliphatic heterocycles. The van der Waals surface area contributed by atoms with Gasteiger partial charge in [-0.2, -0.15) is 4.57 Å². The predicted molar refractivity (Wildman–Crippen MR) is 59.1 cm³/mol. The average molecular weight is 236 g/mol. The SMILES string of the molecule is CCOc1ccc(-[n+]2ccccc2)cc1.[Cl-]. The van der Waals surface area contributed by atoms with Crippen LogP contribution in [0.25, 0.3) is 5.69 Å². The molecule has 1 heterocycles. The minimum absolute atomic E-state index is 0. The summed E-state index contributed by atoms with van der Waals surface area (Å²) < 4.78 is 7.45. The van der Waals surface area contributed by atoms with E-state index in [-0.39, 0.29) is 12.4 Å². The Bertz CT molecular complexity index is 414. The highest BCUT2D eigenvalue weighted by molar-refractivity contribution is 5.31. The molecular formula is C13H14ClNO. The monoisotopic (exact) mass is 235 g/mol.